The Morgan fingerprint density at radius 2 is 1.82 bits per heavy atom. The van der Waals surface area contributed by atoms with Crippen LogP contribution < -0.4 is 15.0 Å². The van der Waals surface area contributed by atoms with Crippen LogP contribution in [0.3, 0.4) is 0 Å². The summed E-state index contributed by atoms with van der Waals surface area (Å²) in [6.45, 7) is 6.63. The van der Waals surface area contributed by atoms with E-state index in [2.05, 4.69) is 43.6 Å². The van der Waals surface area contributed by atoms with Crippen LogP contribution in [0.15, 0.2) is 85.1 Å². The Balaban J connectivity index is 1.19. The number of rotatable bonds is 8. The quantitative estimate of drug-likeness (QED) is 0.160. The number of H-pyrrole nitrogens is 1. The lowest BCUT2D eigenvalue weighted by Gasteiger charge is -2.31. The molecule has 248 valence electrons. The number of aromatic amines is 1. The van der Waals surface area contributed by atoms with E-state index < -0.39 is 11.6 Å². The van der Waals surface area contributed by atoms with Crippen molar-refractivity contribution in [3.05, 3.63) is 119 Å². The second-order valence-corrected chi connectivity index (χ2v) is 13.9. The van der Waals surface area contributed by atoms with Gasteiger partial charge in [0.05, 0.1) is 23.5 Å². The zero-order valence-corrected chi connectivity index (χ0v) is 28.6. The molecule has 1 amide bonds. The second kappa shape index (κ2) is 13.2. The third kappa shape index (κ3) is 6.88. The number of thiazole rings is 1. The first-order chi connectivity index (χ1) is 23.6. The summed E-state index contributed by atoms with van der Waals surface area (Å²) in [6, 6.07) is 25.4. The molecule has 10 nitrogen and oxygen atoms in total. The van der Waals surface area contributed by atoms with E-state index in [-0.39, 0.29) is 11.6 Å². The molecule has 7 rings (SSSR count). The van der Waals surface area contributed by atoms with Crippen LogP contribution in [-0.4, -0.2) is 51.3 Å². The van der Waals surface area contributed by atoms with Gasteiger partial charge in [-0.2, -0.15) is 5.10 Å². The predicted molar refractivity (Wildman–Crippen MR) is 192 cm³/mol. The number of nitrogens with zero attached hydrogens (tertiary/aromatic N) is 4. The van der Waals surface area contributed by atoms with Gasteiger partial charge in [0.25, 0.3) is 5.91 Å². The Kier molecular flexibility index (Phi) is 8.60. The number of pyridine rings is 1. The maximum absolute atomic E-state index is 13.7. The molecule has 11 heteroatoms. The molecule has 3 aromatic carbocycles. The third-order valence-electron chi connectivity index (χ3n) is 8.36. The van der Waals surface area contributed by atoms with Gasteiger partial charge in [-0.25, -0.2) is 14.8 Å². The number of methoxy groups -OCH3 is 1. The first-order valence-corrected chi connectivity index (χ1v) is 16.9. The molecule has 0 radical (unpaired) electrons. The minimum Gasteiger partial charge on any atom is -0.497 e. The van der Waals surface area contributed by atoms with E-state index in [1.165, 1.54) is 11.3 Å². The van der Waals surface area contributed by atoms with Gasteiger partial charge in [-0.05, 0) is 80.3 Å². The van der Waals surface area contributed by atoms with Crippen LogP contribution in [0.1, 0.15) is 64.0 Å². The lowest BCUT2D eigenvalue weighted by Crippen LogP contribution is -2.33. The summed E-state index contributed by atoms with van der Waals surface area (Å²) < 4.78 is 12.1. The molecule has 1 aliphatic heterocycles. The number of hydrogen-bond donors (Lipinski definition) is 2. The zero-order chi connectivity index (χ0) is 34.1. The molecule has 2 N–H and O–H groups in total. The second-order valence-electron chi connectivity index (χ2n) is 12.9. The molecule has 0 saturated heterocycles. The summed E-state index contributed by atoms with van der Waals surface area (Å²) in [5, 5.41) is 11.0. The average Bonchev–Trinajstić information content (AvgIpc) is 3.73. The van der Waals surface area contributed by atoms with Gasteiger partial charge in [0.15, 0.2) is 10.8 Å². The van der Waals surface area contributed by atoms with Gasteiger partial charge in [0, 0.05) is 41.9 Å². The van der Waals surface area contributed by atoms with E-state index >= 15 is 0 Å². The van der Waals surface area contributed by atoms with E-state index in [1.54, 1.807) is 13.3 Å². The van der Waals surface area contributed by atoms with Crippen LogP contribution in [-0.2, 0) is 24.1 Å². The van der Waals surface area contributed by atoms with Crippen LogP contribution in [0.4, 0.5) is 10.9 Å². The first-order valence-electron chi connectivity index (χ1n) is 16.1. The molecule has 0 bridgehead atoms. The van der Waals surface area contributed by atoms with Gasteiger partial charge in [0.1, 0.15) is 17.2 Å². The summed E-state index contributed by atoms with van der Waals surface area (Å²) in [5.41, 5.74) is 6.32. The molecule has 49 heavy (non-hydrogen) atoms. The molecule has 6 aromatic rings. The van der Waals surface area contributed by atoms with E-state index in [0.717, 1.165) is 43.9 Å². The van der Waals surface area contributed by atoms with E-state index in [0.29, 0.717) is 48.0 Å². The number of carbonyl (C=O) groups is 2. The number of ether oxygens (including phenoxy) is 2. The Bertz CT molecular complexity index is 2170. The number of carbonyl (C=O) groups excluding carboxylic acids is 2. The van der Waals surface area contributed by atoms with Crippen LogP contribution in [0.2, 0.25) is 0 Å². The minimum absolute atomic E-state index is 0.215. The van der Waals surface area contributed by atoms with Crippen molar-refractivity contribution in [2.75, 3.05) is 23.9 Å². The Labute approximate surface area is 288 Å². The summed E-state index contributed by atoms with van der Waals surface area (Å²) in [4.78, 5) is 39.0. The number of amides is 1. The lowest BCUT2D eigenvalue weighted by atomic mass is 9.94. The van der Waals surface area contributed by atoms with Crippen molar-refractivity contribution in [3.8, 4) is 16.9 Å². The van der Waals surface area contributed by atoms with Gasteiger partial charge < -0.3 is 14.4 Å². The summed E-state index contributed by atoms with van der Waals surface area (Å²) >= 11 is 1.40. The summed E-state index contributed by atoms with van der Waals surface area (Å²) in [5.74, 6) is 0.620. The van der Waals surface area contributed by atoms with Gasteiger partial charge in [0.2, 0.25) is 0 Å². The minimum atomic E-state index is -0.711. The Hall–Kier alpha value is -5.55. The normalized spacial score (nSPS) is 12.9. The topological polar surface area (TPSA) is 122 Å². The van der Waals surface area contributed by atoms with Crippen molar-refractivity contribution in [1.82, 2.24) is 20.2 Å². The highest BCUT2D eigenvalue weighted by atomic mass is 32.1. The van der Waals surface area contributed by atoms with Crippen molar-refractivity contribution < 1.29 is 19.1 Å². The SMILES string of the molecule is COc1ccc2nc(NC(=O)c3cccc4c3CN(c3ccc(-c5cn[nH]c5Cc5ccccc5)c(C(=O)OC(C)(C)C)n3)CC4)sc2c1. The van der Waals surface area contributed by atoms with Gasteiger partial charge >= 0.3 is 5.97 Å². The Morgan fingerprint density at radius 3 is 2.61 bits per heavy atom. The maximum Gasteiger partial charge on any atom is 0.358 e. The van der Waals surface area contributed by atoms with Crippen molar-refractivity contribution >= 4 is 44.4 Å². The lowest BCUT2D eigenvalue weighted by molar-refractivity contribution is 0.00638. The van der Waals surface area contributed by atoms with Gasteiger partial charge in [-0.3, -0.25) is 15.2 Å². The summed E-state index contributed by atoms with van der Waals surface area (Å²) in [7, 11) is 1.62. The number of nitrogens with one attached hydrogen (secondary N) is 2. The predicted octanol–water partition coefficient (Wildman–Crippen LogP) is 7.45. The highest BCUT2D eigenvalue weighted by Crippen LogP contribution is 2.33. The van der Waals surface area contributed by atoms with Crippen molar-refractivity contribution in [3.63, 3.8) is 0 Å². The van der Waals surface area contributed by atoms with Crippen LogP contribution in [0, 0.1) is 0 Å². The molecular formula is C38H36N6O4S. The van der Waals surface area contributed by atoms with Crippen molar-refractivity contribution in [2.45, 2.75) is 45.8 Å². The summed E-state index contributed by atoms with van der Waals surface area (Å²) in [6.07, 6.45) is 3.06. The number of anilines is 2. The number of hydrogen-bond acceptors (Lipinski definition) is 9. The fraction of sp³-hybridized carbons (Fsp3) is 0.237. The van der Waals surface area contributed by atoms with Gasteiger partial charge in [-0.15, -0.1) is 0 Å². The molecular weight excluding hydrogens is 637 g/mol. The molecule has 0 aliphatic carbocycles. The number of esters is 1. The van der Waals surface area contributed by atoms with Crippen LogP contribution >= 0.6 is 11.3 Å². The monoisotopic (exact) mass is 672 g/mol. The van der Waals surface area contributed by atoms with E-state index in [4.69, 9.17) is 14.5 Å². The number of fused-ring (bicyclic) bond motifs is 2. The molecule has 3 aromatic heterocycles. The van der Waals surface area contributed by atoms with Crippen molar-refractivity contribution in [1.29, 1.82) is 0 Å². The third-order valence-corrected chi connectivity index (χ3v) is 9.30. The highest BCUT2D eigenvalue weighted by Gasteiger charge is 2.28. The number of benzene rings is 3. The van der Waals surface area contributed by atoms with E-state index in [1.807, 2.05) is 81.4 Å². The van der Waals surface area contributed by atoms with E-state index in [9.17, 15) is 9.59 Å². The molecule has 0 fully saturated rings. The fourth-order valence-electron chi connectivity index (χ4n) is 6.04. The zero-order valence-electron chi connectivity index (χ0n) is 27.7. The van der Waals surface area contributed by atoms with Crippen LogP contribution in [0.25, 0.3) is 21.3 Å². The number of aromatic nitrogens is 4. The first kappa shape index (κ1) is 32.0. The average molecular weight is 673 g/mol. The van der Waals surface area contributed by atoms with Crippen molar-refractivity contribution in [2.24, 2.45) is 0 Å². The van der Waals surface area contributed by atoms with Gasteiger partial charge in [-0.1, -0.05) is 53.8 Å². The molecule has 1 aliphatic rings. The molecule has 0 saturated carbocycles. The highest BCUT2D eigenvalue weighted by molar-refractivity contribution is 7.22. The molecule has 0 unspecified atom stereocenters. The maximum atomic E-state index is 13.7. The molecule has 4 heterocycles. The molecule has 0 atom stereocenters. The largest absolute Gasteiger partial charge is 0.497 e. The standard InChI is InChI=1S/C38H36N6O4S/c1-38(2,3)48-36(46)34-26(28-21-39-43-31(28)19-23-9-6-5-7-10-23)14-16-33(41-34)44-18-17-24-11-8-12-27(29(24)22-44)35(45)42-37-40-30-15-13-25(47-4)20-32(30)49-37/h5-16,20-21H,17-19,22H2,1-4H3,(H,39,43)(H,40,42,45). The fourth-order valence-corrected chi connectivity index (χ4v) is 6.93. The Morgan fingerprint density at radius 1 is 0.980 bits per heavy atom. The smallest absolute Gasteiger partial charge is 0.358 e. The van der Waals surface area contributed by atoms with Crippen LogP contribution in [0.5, 0.6) is 5.75 Å². The molecule has 0 spiro atoms.